The maximum atomic E-state index is 9.87. The van der Waals surface area contributed by atoms with E-state index in [0.29, 0.717) is 6.61 Å². The van der Waals surface area contributed by atoms with E-state index in [-0.39, 0.29) is 18.3 Å². The molecular weight excluding hydrogens is 240 g/mol. The van der Waals surface area contributed by atoms with Crippen LogP contribution in [0.2, 0.25) is 0 Å². The zero-order valence-electron chi connectivity index (χ0n) is 11.1. The first-order valence-corrected chi connectivity index (χ1v) is 6.28. The second-order valence-electron chi connectivity index (χ2n) is 5.92. The molecule has 1 N–H and O–H groups in total. The van der Waals surface area contributed by atoms with Gasteiger partial charge in [0.1, 0.15) is 24.4 Å². The fourth-order valence-electron chi connectivity index (χ4n) is 2.78. The Balaban J connectivity index is 1.75. The number of rotatable bonds is 1. The molecule has 3 saturated heterocycles. The van der Waals surface area contributed by atoms with Gasteiger partial charge < -0.3 is 28.8 Å². The fraction of sp³-hybridized carbons (Fsp3) is 1.00. The molecule has 3 aliphatic rings. The van der Waals surface area contributed by atoms with Crippen LogP contribution >= 0.6 is 0 Å². The molecule has 0 aromatic heterocycles. The highest BCUT2D eigenvalue weighted by molar-refractivity contribution is 4.99. The molecular formula is C12H20O6. The van der Waals surface area contributed by atoms with E-state index < -0.39 is 24.0 Å². The average Bonchev–Trinajstić information content (AvgIpc) is 2.81. The lowest BCUT2D eigenvalue weighted by Crippen LogP contribution is -2.40. The van der Waals surface area contributed by atoms with Crippen LogP contribution in [0.4, 0.5) is 0 Å². The Morgan fingerprint density at radius 3 is 2.17 bits per heavy atom. The number of aliphatic hydroxyl groups excluding tert-OH is 1. The summed E-state index contributed by atoms with van der Waals surface area (Å²) in [6.07, 6.45) is -2.38. The summed E-state index contributed by atoms with van der Waals surface area (Å²) in [5.41, 5.74) is 0. The number of hydrogen-bond donors (Lipinski definition) is 1. The number of aliphatic hydroxyl groups is 1. The molecule has 5 atom stereocenters. The SMILES string of the molecule is CC1(C)O[C@@H]2[C@@H](O1)[C@@H](O)O[C@H]2[C@H]1COC(C)(C)O1. The average molecular weight is 260 g/mol. The van der Waals surface area contributed by atoms with E-state index in [9.17, 15) is 5.11 Å². The highest BCUT2D eigenvalue weighted by Gasteiger charge is 2.58. The van der Waals surface area contributed by atoms with Gasteiger partial charge in [-0.15, -0.1) is 0 Å². The highest BCUT2D eigenvalue weighted by atomic mass is 16.8. The van der Waals surface area contributed by atoms with Crippen LogP contribution in [0.25, 0.3) is 0 Å². The summed E-state index contributed by atoms with van der Waals surface area (Å²) in [7, 11) is 0. The Bertz CT molecular complexity index is 341. The normalized spacial score (nSPS) is 49.5. The zero-order chi connectivity index (χ0) is 13.1. The topological polar surface area (TPSA) is 66.4 Å². The Morgan fingerprint density at radius 1 is 0.889 bits per heavy atom. The summed E-state index contributed by atoms with van der Waals surface area (Å²) in [6.45, 7) is 7.78. The molecule has 0 bridgehead atoms. The van der Waals surface area contributed by atoms with Crippen molar-refractivity contribution >= 4 is 0 Å². The molecule has 3 rings (SSSR count). The minimum absolute atomic E-state index is 0.248. The van der Waals surface area contributed by atoms with Crippen molar-refractivity contribution in [3.05, 3.63) is 0 Å². The summed E-state index contributed by atoms with van der Waals surface area (Å²) >= 11 is 0. The molecule has 3 aliphatic heterocycles. The Morgan fingerprint density at radius 2 is 1.56 bits per heavy atom. The van der Waals surface area contributed by atoms with Crippen LogP contribution in [-0.2, 0) is 23.7 Å². The first-order valence-electron chi connectivity index (χ1n) is 6.28. The summed E-state index contributed by atoms with van der Waals surface area (Å²) in [5, 5.41) is 9.87. The lowest BCUT2D eigenvalue weighted by Gasteiger charge is -2.26. The molecule has 0 amide bonds. The third-order valence-electron chi connectivity index (χ3n) is 3.46. The van der Waals surface area contributed by atoms with E-state index in [0.717, 1.165) is 0 Å². The Hall–Kier alpha value is -0.240. The van der Waals surface area contributed by atoms with E-state index in [1.807, 2.05) is 27.7 Å². The molecule has 6 heteroatoms. The van der Waals surface area contributed by atoms with Gasteiger partial charge in [-0.25, -0.2) is 0 Å². The molecule has 3 fully saturated rings. The minimum atomic E-state index is -0.978. The van der Waals surface area contributed by atoms with Crippen LogP contribution in [0.3, 0.4) is 0 Å². The summed E-state index contributed by atoms with van der Waals surface area (Å²) in [4.78, 5) is 0. The van der Waals surface area contributed by atoms with Crippen molar-refractivity contribution in [2.75, 3.05) is 6.61 Å². The minimum Gasteiger partial charge on any atom is -0.366 e. The second-order valence-corrected chi connectivity index (χ2v) is 5.92. The first kappa shape index (κ1) is 12.8. The van der Waals surface area contributed by atoms with Gasteiger partial charge in [-0.2, -0.15) is 0 Å². The fourth-order valence-corrected chi connectivity index (χ4v) is 2.78. The Labute approximate surface area is 106 Å². The molecule has 3 heterocycles. The standard InChI is InChI=1S/C12H20O6/c1-11(2)14-5-6(16-11)7-8-9(10(13)15-7)18-12(3,4)17-8/h6-10,13H,5H2,1-4H3/t6-,7+,8+,9-,10+/m1/s1. The third kappa shape index (κ3) is 2.07. The maximum Gasteiger partial charge on any atom is 0.184 e. The zero-order valence-corrected chi connectivity index (χ0v) is 11.1. The van der Waals surface area contributed by atoms with E-state index in [2.05, 4.69) is 0 Å². The monoisotopic (exact) mass is 260 g/mol. The van der Waals surface area contributed by atoms with Crippen molar-refractivity contribution in [3.8, 4) is 0 Å². The van der Waals surface area contributed by atoms with Crippen LogP contribution in [-0.4, -0.2) is 54.0 Å². The largest absolute Gasteiger partial charge is 0.366 e. The molecule has 18 heavy (non-hydrogen) atoms. The number of hydrogen-bond acceptors (Lipinski definition) is 6. The van der Waals surface area contributed by atoms with Gasteiger partial charge in [-0.3, -0.25) is 0 Å². The summed E-state index contributed by atoms with van der Waals surface area (Å²) in [6, 6.07) is 0. The molecule has 0 unspecified atom stereocenters. The number of ether oxygens (including phenoxy) is 5. The van der Waals surface area contributed by atoms with E-state index in [1.54, 1.807) is 0 Å². The van der Waals surface area contributed by atoms with Crippen LogP contribution in [0.1, 0.15) is 27.7 Å². The van der Waals surface area contributed by atoms with E-state index >= 15 is 0 Å². The van der Waals surface area contributed by atoms with E-state index in [1.165, 1.54) is 0 Å². The predicted molar refractivity (Wildman–Crippen MR) is 59.6 cm³/mol. The van der Waals surface area contributed by atoms with Crippen LogP contribution < -0.4 is 0 Å². The number of fused-ring (bicyclic) bond motifs is 1. The van der Waals surface area contributed by atoms with Crippen molar-refractivity contribution in [2.24, 2.45) is 0 Å². The van der Waals surface area contributed by atoms with Crippen molar-refractivity contribution in [2.45, 2.75) is 70.0 Å². The molecule has 0 saturated carbocycles. The van der Waals surface area contributed by atoms with Crippen LogP contribution in [0, 0.1) is 0 Å². The molecule has 104 valence electrons. The van der Waals surface area contributed by atoms with E-state index in [4.69, 9.17) is 23.7 Å². The predicted octanol–water partition coefficient (Wildman–Crippen LogP) is 0.375. The molecule has 0 spiro atoms. The van der Waals surface area contributed by atoms with Gasteiger partial charge in [0.05, 0.1) is 6.61 Å². The van der Waals surface area contributed by atoms with Gasteiger partial charge in [0.25, 0.3) is 0 Å². The first-order chi connectivity index (χ1) is 8.27. The van der Waals surface area contributed by atoms with Crippen LogP contribution in [0.5, 0.6) is 0 Å². The van der Waals surface area contributed by atoms with Crippen molar-refractivity contribution in [3.63, 3.8) is 0 Å². The van der Waals surface area contributed by atoms with Gasteiger partial charge in [-0.05, 0) is 27.7 Å². The highest BCUT2D eigenvalue weighted by Crippen LogP contribution is 2.41. The smallest absolute Gasteiger partial charge is 0.184 e. The van der Waals surface area contributed by atoms with Crippen LogP contribution in [0.15, 0.2) is 0 Å². The summed E-state index contributed by atoms with van der Waals surface area (Å²) in [5.74, 6) is -1.32. The van der Waals surface area contributed by atoms with Crippen molar-refractivity contribution < 1.29 is 28.8 Å². The third-order valence-corrected chi connectivity index (χ3v) is 3.46. The van der Waals surface area contributed by atoms with Gasteiger partial charge in [-0.1, -0.05) is 0 Å². The van der Waals surface area contributed by atoms with Gasteiger partial charge >= 0.3 is 0 Å². The van der Waals surface area contributed by atoms with Gasteiger partial charge in [0.15, 0.2) is 17.9 Å². The van der Waals surface area contributed by atoms with Gasteiger partial charge in [0, 0.05) is 0 Å². The maximum absolute atomic E-state index is 9.87. The Kier molecular flexibility index (Phi) is 2.75. The summed E-state index contributed by atoms with van der Waals surface area (Å²) < 4.78 is 28.2. The lowest BCUT2D eigenvalue weighted by molar-refractivity contribution is -0.236. The molecule has 0 radical (unpaired) electrons. The molecule has 0 aliphatic carbocycles. The lowest BCUT2D eigenvalue weighted by atomic mass is 10.1. The molecule has 0 aromatic carbocycles. The van der Waals surface area contributed by atoms with Crippen molar-refractivity contribution in [1.29, 1.82) is 0 Å². The van der Waals surface area contributed by atoms with Crippen molar-refractivity contribution in [1.82, 2.24) is 0 Å². The molecule has 6 nitrogen and oxygen atoms in total. The quantitative estimate of drug-likeness (QED) is 0.735. The molecule has 0 aromatic rings. The van der Waals surface area contributed by atoms with Gasteiger partial charge in [0.2, 0.25) is 0 Å². The second kappa shape index (κ2) is 3.88.